The zero-order valence-electron chi connectivity index (χ0n) is 23.8. The van der Waals surface area contributed by atoms with E-state index in [1.165, 1.54) is 27.9 Å². The second-order valence-electron chi connectivity index (χ2n) is 11.4. The molecule has 0 aliphatic heterocycles. The van der Waals surface area contributed by atoms with Crippen molar-refractivity contribution in [2.24, 2.45) is 4.99 Å². The number of aliphatic imine (C=N–C) groups is 1. The average Bonchev–Trinajstić information content (AvgIpc) is 2.72. The lowest BCUT2D eigenvalue weighted by molar-refractivity contribution is 0.291. The van der Waals surface area contributed by atoms with E-state index < -0.39 is 0 Å². The van der Waals surface area contributed by atoms with Crippen molar-refractivity contribution in [3.63, 3.8) is 0 Å². The first kappa shape index (κ1) is 28.0. The molecule has 0 heterocycles. The fraction of sp³-hybridized carbons (Fsp3) is 0.581. The normalized spacial score (nSPS) is 12.7. The molecule has 3 nitrogen and oxygen atoms in total. The summed E-state index contributed by atoms with van der Waals surface area (Å²) in [6.07, 6.45) is 0. The van der Waals surface area contributed by atoms with Gasteiger partial charge in [0.25, 0.3) is 0 Å². The zero-order valence-corrected chi connectivity index (χ0v) is 23.8. The summed E-state index contributed by atoms with van der Waals surface area (Å²) in [5.74, 6) is 2.58. The van der Waals surface area contributed by atoms with Crippen molar-refractivity contribution in [2.45, 2.75) is 119 Å². The Morgan fingerprint density at radius 3 is 1.26 bits per heavy atom. The highest BCUT2D eigenvalue weighted by atomic mass is 15.3. The molecule has 34 heavy (non-hydrogen) atoms. The maximum atomic E-state index is 5.47. The Morgan fingerprint density at radius 1 is 0.588 bits per heavy atom. The van der Waals surface area contributed by atoms with Gasteiger partial charge in [-0.1, -0.05) is 91.8 Å². The van der Waals surface area contributed by atoms with Gasteiger partial charge in [0.15, 0.2) is 0 Å². The van der Waals surface area contributed by atoms with E-state index in [1.807, 2.05) is 0 Å². The number of nitrogens with zero attached hydrogens (tertiary/aromatic N) is 2. The van der Waals surface area contributed by atoms with E-state index in [1.54, 1.807) is 0 Å². The van der Waals surface area contributed by atoms with E-state index in [4.69, 9.17) is 4.99 Å². The van der Waals surface area contributed by atoms with Crippen molar-refractivity contribution >= 4 is 17.3 Å². The summed E-state index contributed by atoms with van der Waals surface area (Å²) in [6.45, 7) is 27.2. The molecular formula is C31H49N3. The van der Waals surface area contributed by atoms with Gasteiger partial charge in [0.05, 0.1) is 5.69 Å². The van der Waals surface area contributed by atoms with Gasteiger partial charge >= 0.3 is 0 Å². The largest absolute Gasteiger partial charge is 0.338 e. The fourth-order valence-electron chi connectivity index (χ4n) is 4.79. The first-order valence-corrected chi connectivity index (χ1v) is 13.3. The molecule has 0 bridgehead atoms. The van der Waals surface area contributed by atoms with E-state index in [9.17, 15) is 0 Å². The van der Waals surface area contributed by atoms with Crippen LogP contribution >= 0.6 is 0 Å². The Bertz CT molecular complexity index is 904. The standard InChI is InChI=1S/C31H49N3/c1-19(2)25-15-13-16-26(20(3)4)29(25)32-31(34(23(9)10)24(11)12)33-30-27(21(5)6)17-14-18-28(30)22(7)8/h13-24H,1-12H3,(H,32,33). The molecule has 0 atom stereocenters. The van der Waals surface area contributed by atoms with Crippen LogP contribution in [0.4, 0.5) is 11.4 Å². The predicted octanol–water partition coefficient (Wildman–Crippen LogP) is 9.40. The lowest BCUT2D eigenvalue weighted by atomic mass is 9.92. The molecule has 0 aromatic heterocycles. The highest BCUT2D eigenvalue weighted by Crippen LogP contribution is 2.37. The molecule has 0 fully saturated rings. The monoisotopic (exact) mass is 463 g/mol. The topological polar surface area (TPSA) is 27.6 Å². The minimum absolute atomic E-state index is 0.314. The molecule has 0 spiro atoms. The molecule has 2 aromatic rings. The maximum absolute atomic E-state index is 5.47. The van der Waals surface area contributed by atoms with Crippen LogP contribution in [0.5, 0.6) is 0 Å². The van der Waals surface area contributed by atoms with E-state index in [0.717, 1.165) is 11.6 Å². The van der Waals surface area contributed by atoms with Crippen LogP contribution in [-0.2, 0) is 0 Å². The van der Waals surface area contributed by atoms with Gasteiger partial charge in [0.2, 0.25) is 5.96 Å². The van der Waals surface area contributed by atoms with Crippen molar-refractivity contribution in [3.05, 3.63) is 58.7 Å². The second-order valence-corrected chi connectivity index (χ2v) is 11.4. The lowest BCUT2D eigenvalue weighted by Crippen LogP contribution is -2.46. The van der Waals surface area contributed by atoms with Crippen LogP contribution in [0, 0.1) is 0 Å². The first-order chi connectivity index (χ1) is 15.9. The summed E-state index contributed by atoms with van der Waals surface area (Å²) in [4.78, 5) is 7.89. The lowest BCUT2D eigenvalue weighted by Gasteiger charge is -2.35. The van der Waals surface area contributed by atoms with Gasteiger partial charge in [-0.3, -0.25) is 0 Å². The summed E-state index contributed by atoms with van der Waals surface area (Å²) in [5.41, 5.74) is 7.62. The van der Waals surface area contributed by atoms with Gasteiger partial charge in [-0.05, 0) is 73.6 Å². The molecule has 0 radical (unpaired) electrons. The number of benzene rings is 2. The van der Waals surface area contributed by atoms with Gasteiger partial charge in [-0.25, -0.2) is 4.99 Å². The summed E-state index contributed by atoms with van der Waals surface area (Å²) >= 11 is 0. The summed E-state index contributed by atoms with van der Waals surface area (Å²) in [7, 11) is 0. The number of guanidine groups is 1. The van der Waals surface area contributed by atoms with Gasteiger partial charge in [0, 0.05) is 17.8 Å². The smallest absolute Gasteiger partial charge is 0.204 e. The third kappa shape index (κ3) is 6.43. The van der Waals surface area contributed by atoms with E-state index in [2.05, 4.69) is 130 Å². The van der Waals surface area contributed by atoms with Gasteiger partial charge in [-0.15, -0.1) is 0 Å². The predicted molar refractivity (Wildman–Crippen MR) is 152 cm³/mol. The molecule has 0 saturated heterocycles. The van der Waals surface area contributed by atoms with E-state index in [0.29, 0.717) is 35.8 Å². The van der Waals surface area contributed by atoms with Crippen LogP contribution in [-0.4, -0.2) is 22.9 Å². The number of para-hydroxylation sites is 2. The van der Waals surface area contributed by atoms with Crippen molar-refractivity contribution in [3.8, 4) is 0 Å². The van der Waals surface area contributed by atoms with Crippen LogP contribution in [0.2, 0.25) is 0 Å². The summed E-state index contributed by atoms with van der Waals surface area (Å²) in [6, 6.07) is 14.0. The average molecular weight is 464 g/mol. The van der Waals surface area contributed by atoms with Gasteiger partial charge in [-0.2, -0.15) is 0 Å². The highest BCUT2D eigenvalue weighted by Gasteiger charge is 2.24. The Kier molecular flexibility index (Phi) is 9.79. The van der Waals surface area contributed by atoms with Crippen molar-refractivity contribution in [1.82, 2.24) is 4.90 Å². The van der Waals surface area contributed by atoms with E-state index >= 15 is 0 Å². The number of hydrogen-bond donors (Lipinski definition) is 1. The SMILES string of the molecule is CC(C)c1cccc(C(C)C)c1N=C(Nc1c(C(C)C)cccc1C(C)C)N(C(C)C)C(C)C. The molecule has 0 aliphatic rings. The molecule has 3 heteroatoms. The molecule has 0 aliphatic carbocycles. The molecule has 2 aromatic carbocycles. The summed E-state index contributed by atoms with van der Waals surface area (Å²) in [5, 5.41) is 3.90. The van der Waals surface area contributed by atoms with Crippen LogP contribution in [0.25, 0.3) is 0 Å². The Hall–Kier alpha value is -2.29. The quantitative estimate of drug-likeness (QED) is 0.312. The van der Waals surface area contributed by atoms with Crippen molar-refractivity contribution in [1.29, 1.82) is 0 Å². The number of anilines is 1. The third-order valence-corrected chi connectivity index (χ3v) is 6.53. The molecule has 2 rings (SSSR count). The molecule has 0 amide bonds. The molecule has 0 saturated carbocycles. The maximum Gasteiger partial charge on any atom is 0.204 e. The molecular weight excluding hydrogens is 414 g/mol. The van der Waals surface area contributed by atoms with Crippen LogP contribution in [0.3, 0.4) is 0 Å². The van der Waals surface area contributed by atoms with Crippen LogP contribution in [0.15, 0.2) is 41.4 Å². The Labute approximate surface area is 210 Å². The second kappa shape index (κ2) is 11.9. The Balaban J connectivity index is 2.87. The minimum atomic E-state index is 0.314. The highest BCUT2D eigenvalue weighted by molar-refractivity contribution is 5.97. The van der Waals surface area contributed by atoms with Crippen LogP contribution in [0.1, 0.15) is 129 Å². The van der Waals surface area contributed by atoms with Gasteiger partial charge in [0.1, 0.15) is 0 Å². The van der Waals surface area contributed by atoms with Crippen molar-refractivity contribution in [2.75, 3.05) is 5.32 Å². The molecule has 0 unspecified atom stereocenters. The molecule has 188 valence electrons. The summed E-state index contributed by atoms with van der Waals surface area (Å²) < 4.78 is 0. The molecule has 1 N–H and O–H groups in total. The van der Waals surface area contributed by atoms with Crippen molar-refractivity contribution < 1.29 is 0 Å². The van der Waals surface area contributed by atoms with E-state index in [-0.39, 0.29) is 0 Å². The number of hydrogen-bond acceptors (Lipinski definition) is 1. The number of nitrogens with one attached hydrogen (secondary N) is 1. The minimum Gasteiger partial charge on any atom is -0.338 e. The third-order valence-electron chi connectivity index (χ3n) is 6.53. The first-order valence-electron chi connectivity index (χ1n) is 13.3. The fourth-order valence-corrected chi connectivity index (χ4v) is 4.79. The Morgan fingerprint density at radius 2 is 0.941 bits per heavy atom. The van der Waals surface area contributed by atoms with Gasteiger partial charge < -0.3 is 10.2 Å². The zero-order chi connectivity index (χ0) is 25.7. The van der Waals surface area contributed by atoms with Crippen LogP contribution < -0.4 is 5.32 Å². The number of rotatable bonds is 8.